The monoisotopic (exact) mass is 360 g/mol. The molecule has 0 aromatic rings. The maximum absolute atomic E-state index is 12.4. The van der Waals surface area contributed by atoms with E-state index in [-0.39, 0.29) is 29.0 Å². The largest absolute Gasteiger partial charge is 0.393 e. The molecule has 26 heavy (non-hydrogen) atoms. The molecule has 0 heterocycles. The van der Waals surface area contributed by atoms with Gasteiger partial charge in [-0.25, -0.2) is 0 Å². The quantitative estimate of drug-likeness (QED) is 0.695. The number of aliphatic hydroxyl groups is 3. The topological polar surface area (TPSA) is 94.8 Å². The van der Waals surface area contributed by atoms with E-state index in [2.05, 4.69) is 6.92 Å². The molecule has 4 rings (SSSR count). The summed E-state index contributed by atoms with van der Waals surface area (Å²) < 4.78 is 0. The molecule has 0 spiro atoms. The minimum absolute atomic E-state index is 0.00912. The molecule has 5 heteroatoms. The van der Waals surface area contributed by atoms with E-state index in [1.54, 1.807) is 12.2 Å². The molecule has 142 valence electrons. The van der Waals surface area contributed by atoms with Gasteiger partial charge in [-0.05, 0) is 56.1 Å². The smallest absolute Gasteiger partial charge is 0.190 e. The fraction of sp³-hybridized carbons (Fsp3) is 0.714. The van der Waals surface area contributed by atoms with Gasteiger partial charge < -0.3 is 15.3 Å². The average Bonchev–Trinajstić information content (AvgIpc) is 2.86. The van der Waals surface area contributed by atoms with Crippen molar-refractivity contribution in [3.63, 3.8) is 0 Å². The Kier molecular flexibility index (Phi) is 3.89. The highest BCUT2D eigenvalue weighted by Crippen LogP contribution is 2.67. The van der Waals surface area contributed by atoms with Crippen LogP contribution < -0.4 is 0 Å². The second-order valence-corrected chi connectivity index (χ2v) is 9.19. The van der Waals surface area contributed by atoms with E-state index in [0.717, 1.165) is 24.8 Å². The number of Topliss-reactive ketones (excluding diaryl/α,β-unsaturated/α-hetero) is 1. The lowest BCUT2D eigenvalue weighted by atomic mass is 9.46. The number of aliphatic hydroxyl groups excluding tert-OH is 2. The van der Waals surface area contributed by atoms with E-state index in [4.69, 9.17) is 0 Å². The first kappa shape index (κ1) is 18.1. The zero-order valence-electron chi connectivity index (χ0n) is 15.4. The lowest BCUT2D eigenvalue weighted by molar-refractivity contribution is -0.178. The van der Waals surface area contributed by atoms with Gasteiger partial charge in [-0.1, -0.05) is 25.5 Å². The highest BCUT2D eigenvalue weighted by molar-refractivity contribution is 6.01. The van der Waals surface area contributed by atoms with Gasteiger partial charge in [0.25, 0.3) is 0 Å². The Morgan fingerprint density at radius 2 is 2.04 bits per heavy atom. The van der Waals surface area contributed by atoms with E-state index < -0.39 is 29.5 Å². The lowest BCUT2D eigenvalue weighted by Crippen LogP contribution is -2.61. The Morgan fingerprint density at radius 3 is 2.73 bits per heavy atom. The molecule has 0 bridgehead atoms. The number of allylic oxidation sites excluding steroid dienone is 4. The number of carbonyl (C=O) groups excluding carboxylic acids is 2. The lowest BCUT2D eigenvalue weighted by Gasteiger charge is -2.59. The molecule has 3 saturated carbocycles. The van der Waals surface area contributed by atoms with Crippen molar-refractivity contribution in [1.29, 1.82) is 0 Å². The summed E-state index contributed by atoms with van der Waals surface area (Å²) in [6.45, 7) is 3.34. The molecule has 0 radical (unpaired) electrons. The van der Waals surface area contributed by atoms with E-state index in [1.165, 1.54) is 0 Å². The third-order valence-electron chi connectivity index (χ3n) is 8.25. The summed E-state index contributed by atoms with van der Waals surface area (Å²) in [5.41, 5.74) is -1.54. The summed E-state index contributed by atoms with van der Waals surface area (Å²) in [5.74, 6) is -0.227. The predicted molar refractivity (Wildman–Crippen MR) is 95.0 cm³/mol. The van der Waals surface area contributed by atoms with Crippen LogP contribution in [0, 0.1) is 28.6 Å². The van der Waals surface area contributed by atoms with Crippen LogP contribution in [0.5, 0.6) is 0 Å². The highest BCUT2D eigenvalue weighted by Gasteiger charge is 2.67. The molecule has 5 nitrogen and oxygen atoms in total. The van der Waals surface area contributed by atoms with Crippen LogP contribution in [0.1, 0.15) is 46.0 Å². The van der Waals surface area contributed by atoms with Crippen LogP contribution in [0.25, 0.3) is 0 Å². The van der Waals surface area contributed by atoms with Crippen molar-refractivity contribution in [3.8, 4) is 0 Å². The van der Waals surface area contributed by atoms with E-state index >= 15 is 0 Å². The molecule has 4 aliphatic rings. The number of rotatable bonds is 2. The number of hydrogen-bond acceptors (Lipinski definition) is 5. The third kappa shape index (κ3) is 2.08. The molecule has 4 aliphatic carbocycles. The molecule has 4 unspecified atom stereocenters. The van der Waals surface area contributed by atoms with Crippen molar-refractivity contribution in [3.05, 3.63) is 23.8 Å². The van der Waals surface area contributed by atoms with Gasteiger partial charge in [-0.15, -0.1) is 0 Å². The molecule has 0 amide bonds. The number of hydrogen-bond donors (Lipinski definition) is 3. The van der Waals surface area contributed by atoms with Crippen molar-refractivity contribution >= 4 is 11.6 Å². The van der Waals surface area contributed by atoms with Gasteiger partial charge in [0.1, 0.15) is 12.2 Å². The summed E-state index contributed by atoms with van der Waals surface area (Å²) in [6.07, 6.45) is 7.68. The average molecular weight is 360 g/mol. The maximum atomic E-state index is 12.4. The Labute approximate surface area is 153 Å². The van der Waals surface area contributed by atoms with Crippen LogP contribution in [-0.4, -0.2) is 45.2 Å². The highest BCUT2D eigenvalue weighted by atomic mass is 16.3. The molecular weight excluding hydrogens is 332 g/mol. The molecule has 3 N–H and O–H groups in total. The number of carbonyl (C=O) groups is 2. The Hall–Kier alpha value is -1.30. The van der Waals surface area contributed by atoms with Gasteiger partial charge in [0, 0.05) is 16.7 Å². The summed E-state index contributed by atoms with van der Waals surface area (Å²) in [4.78, 5) is 24.2. The Bertz CT molecular complexity index is 724. The van der Waals surface area contributed by atoms with E-state index in [0.29, 0.717) is 12.8 Å². The number of fused-ring (bicyclic) bond motifs is 5. The molecule has 0 aliphatic heterocycles. The van der Waals surface area contributed by atoms with E-state index in [1.807, 2.05) is 13.0 Å². The van der Waals surface area contributed by atoms with Crippen LogP contribution in [0.15, 0.2) is 23.8 Å². The fourth-order valence-electron chi connectivity index (χ4n) is 6.92. The second kappa shape index (κ2) is 5.60. The Balaban J connectivity index is 1.75. The molecule has 3 fully saturated rings. The zero-order valence-corrected chi connectivity index (χ0v) is 15.4. The van der Waals surface area contributed by atoms with Crippen LogP contribution in [-0.2, 0) is 9.59 Å². The van der Waals surface area contributed by atoms with Gasteiger partial charge in [0.05, 0.1) is 6.10 Å². The van der Waals surface area contributed by atoms with Crippen LogP contribution in [0.4, 0.5) is 0 Å². The standard InChI is InChI=1S/C21H28O5/c1-19-7-5-13(23)9-12(19)3-4-14-15-6-8-21(26,17(25)11-22)20(15,2)10-16(24)18(14)19/h5,7,9,14-16,18,22,24,26H,3-4,6,8,10-11H2,1-2H3/t14?,15?,16-,18?,19-,20-,21?/m0/s1. The molecule has 0 aromatic heterocycles. The zero-order chi connectivity index (χ0) is 18.9. The predicted octanol–water partition coefficient (Wildman–Crippen LogP) is 1.56. The van der Waals surface area contributed by atoms with Gasteiger partial charge in [-0.2, -0.15) is 0 Å². The van der Waals surface area contributed by atoms with Gasteiger partial charge in [-0.3, -0.25) is 9.59 Å². The van der Waals surface area contributed by atoms with Crippen molar-refractivity contribution in [1.82, 2.24) is 0 Å². The maximum Gasteiger partial charge on any atom is 0.190 e. The molecule has 0 saturated heterocycles. The minimum atomic E-state index is -1.56. The minimum Gasteiger partial charge on any atom is -0.393 e. The van der Waals surface area contributed by atoms with Crippen molar-refractivity contribution in [2.45, 2.75) is 57.7 Å². The molecular formula is C21H28O5. The fourth-order valence-corrected chi connectivity index (χ4v) is 6.92. The second-order valence-electron chi connectivity index (χ2n) is 9.19. The summed E-state index contributed by atoms with van der Waals surface area (Å²) in [5, 5.41) is 31.7. The van der Waals surface area contributed by atoms with Crippen LogP contribution in [0.3, 0.4) is 0 Å². The summed E-state index contributed by atoms with van der Waals surface area (Å²) >= 11 is 0. The van der Waals surface area contributed by atoms with Crippen LogP contribution >= 0.6 is 0 Å². The van der Waals surface area contributed by atoms with Gasteiger partial charge in [0.15, 0.2) is 11.6 Å². The third-order valence-corrected chi connectivity index (χ3v) is 8.25. The van der Waals surface area contributed by atoms with Crippen LogP contribution in [0.2, 0.25) is 0 Å². The van der Waals surface area contributed by atoms with Crippen molar-refractivity contribution < 1.29 is 24.9 Å². The van der Waals surface area contributed by atoms with E-state index in [9.17, 15) is 24.9 Å². The summed E-state index contributed by atoms with van der Waals surface area (Å²) in [7, 11) is 0. The first-order valence-electron chi connectivity index (χ1n) is 9.66. The first-order chi connectivity index (χ1) is 12.2. The summed E-state index contributed by atoms with van der Waals surface area (Å²) in [6, 6.07) is 0. The first-order valence-corrected chi connectivity index (χ1v) is 9.66. The van der Waals surface area contributed by atoms with Crippen molar-refractivity contribution in [2.75, 3.05) is 6.61 Å². The SMILES string of the molecule is C[C@]12C=CC(=O)C=C1CCC1C2[C@@H](O)C[C@@]2(C)C1CCC2(O)C(=O)CO. The van der Waals surface area contributed by atoms with Gasteiger partial charge >= 0.3 is 0 Å². The van der Waals surface area contributed by atoms with Gasteiger partial charge in [0.2, 0.25) is 0 Å². The number of ketones is 2. The molecule has 7 atom stereocenters. The molecule has 0 aromatic carbocycles. The normalized spacial score (nSPS) is 49.9. The Morgan fingerprint density at radius 1 is 1.31 bits per heavy atom. The van der Waals surface area contributed by atoms with Crippen molar-refractivity contribution in [2.24, 2.45) is 28.6 Å².